The molecule has 4 heteroatoms. The highest BCUT2D eigenvalue weighted by Gasteiger charge is 2.33. The van der Waals surface area contributed by atoms with Gasteiger partial charge in [-0.25, -0.2) is 0 Å². The third kappa shape index (κ3) is 4.70. The van der Waals surface area contributed by atoms with Gasteiger partial charge in [0.05, 0.1) is 24.3 Å². The van der Waals surface area contributed by atoms with E-state index in [0.717, 1.165) is 12.0 Å². The molecule has 0 aromatic heterocycles. The van der Waals surface area contributed by atoms with Gasteiger partial charge in [-0.3, -0.25) is 0 Å². The highest BCUT2D eigenvalue weighted by atomic mass is 14.4. The van der Waals surface area contributed by atoms with Crippen LogP contribution in [0.5, 0.6) is 0 Å². The summed E-state index contributed by atoms with van der Waals surface area (Å²) in [5, 5.41) is 37.5. The van der Waals surface area contributed by atoms with E-state index in [-0.39, 0.29) is 5.92 Å². The smallest absolute Gasteiger partial charge is 0.158 e. The zero-order chi connectivity index (χ0) is 18.8. The summed E-state index contributed by atoms with van der Waals surface area (Å²) in [6.07, 6.45) is 20.5. The van der Waals surface area contributed by atoms with E-state index in [1.54, 1.807) is 18.2 Å². The maximum Gasteiger partial charge on any atom is 0.158 e. The lowest BCUT2D eigenvalue weighted by Gasteiger charge is -2.22. The van der Waals surface area contributed by atoms with Crippen LogP contribution in [0.1, 0.15) is 19.3 Å². The van der Waals surface area contributed by atoms with Crippen molar-refractivity contribution >= 4 is 0 Å². The fourth-order valence-electron chi connectivity index (χ4n) is 2.93. The van der Waals surface area contributed by atoms with E-state index in [4.69, 9.17) is 10.5 Å². The van der Waals surface area contributed by atoms with Crippen molar-refractivity contribution < 1.29 is 0 Å². The first-order valence-corrected chi connectivity index (χ1v) is 8.37. The molecule has 0 spiro atoms. The van der Waals surface area contributed by atoms with Gasteiger partial charge in [0.2, 0.25) is 0 Å². The molecule has 0 bridgehead atoms. The summed E-state index contributed by atoms with van der Waals surface area (Å²) in [6, 6.07) is 8.32. The third-order valence-corrected chi connectivity index (χ3v) is 4.34. The summed E-state index contributed by atoms with van der Waals surface area (Å²) in [5.74, 6) is -0.939. The van der Waals surface area contributed by atoms with Crippen molar-refractivity contribution in [1.82, 2.24) is 0 Å². The molecule has 0 radical (unpaired) electrons. The van der Waals surface area contributed by atoms with Gasteiger partial charge >= 0.3 is 0 Å². The van der Waals surface area contributed by atoms with Crippen LogP contribution in [0.4, 0.5) is 0 Å². The Labute approximate surface area is 154 Å². The molecular weight excluding hydrogens is 320 g/mol. The van der Waals surface area contributed by atoms with Crippen LogP contribution in [0.25, 0.3) is 0 Å². The summed E-state index contributed by atoms with van der Waals surface area (Å²) < 4.78 is 0. The molecule has 4 nitrogen and oxygen atoms in total. The largest absolute Gasteiger partial charge is 0.197 e. The lowest BCUT2D eigenvalue weighted by molar-refractivity contribution is 0.439. The fourth-order valence-corrected chi connectivity index (χ4v) is 2.93. The Morgan fingerprint density at radius 3 is 2.42 bits per heavy atom. The van der Waals surface area contributed by atoms with Gasteiger partial charge < -0.3 is 0 Å². The molecule has 2 rings (SSSR count). The summed E-state index contributed by atoms with van der Waals surface area (Å²) in [7, 11) is 0. The fraction of sp³-hybridized carbons (Fsp3) is 0.273. The summed E-state index contributed by atoms with van der Waals surface area (Å²) >= 11 is 0. The van der Waals surface area contributed by atoms with E-state index in [0.29, 0.717) is 18.4 Å². The van der Waals surface area contributed by atoms with Gasteiger partial charge in [0.25, 0.3) is 0 Å². The Morgan fingerprint density at radius 1 is 0.962 bits per heavy atom. The molecule has 126 valence electrons. The summed E-state index contributed by atoms with van der Waals surface area (Å²) in [4.78, 5) is 0. The minimum Gasteiger partial charge on any atom is -0.197 e. The van der Waals surface area contributed by atoms with E-state index in [1.807, 2.05) is 54.7 Å². The topological polar surface area (TPSA) is 95.2 Å². The van der Waals surface area contributed by atoms with Crippen molar-refractivity contribution in [2.45, 2.75) is 19.3 Å². The first kappa shape index (κ1) is 18.7. The Morgan fingerprint density at radius 2 is 1.73 bits per heavy atom. The second-order valence-corrected chi connectivity index (χ2v) is 6.26. The van der Waals surface area contributed by atoms with Gasteiger partial charge in [0.1, 0.15) is 5.41 Å². The Bertz CT molecular complexity index is 854. The first-order valence-electron chi connectivity index (χ1n) is 8.37. The molecule has 0 saturated heterocycles. The highest BCUT2D eigenvalue weighted by molar-refractivity contribution is 5.38. The quantitative estimate of drug-likeness (QED) is 0.733. The second kappa shape index (κ2) is 9.03. The number of hydrogen-bond acceptors (Lipinski definition) is 4. The monoisotopic (exact) mass is 338 g/mol. The average molecular weight is 338 g/mol. The van der Waals surface area contributed by atoms with Gasteiger partial charge in [-0.05, 0) is 29.9 Å². The van der Waals surface area contributed by atoms with Gasteiger partial charge in [0, 0.05) is 6.42 Å². The van der Waals surface area contributed by atoms with Crippen LogP contribution < -0.4 is 0 Å². The van der Waals surface area contributed by atoms with Gasteiger partial charge in [-0.15, -0.1) is 0 Å². The Kier molecular flexibility index (Phi) is 6.51. The van der Waals surface area contributed by atoms with E-state index in [2.05, 4.69) is 12.1 Å². The zero-order valence-electron chi connectivity index (χ0n) is 14.3. The van der Waals surface area contributed by atoms with Crippen LogP contribution in [-0.4, -0.2) is 0 Å². The Hall–Kier alpha value is -3.60. The average Bonchev–Trinajstić information content (AvgIpc) is 3.05. The van der Waals surface area contributed by atoms with E-state index in [9.17, 15) is 10.5 Å². The van der Waals surface area contributed by atoms with Crippen molar-refractivity contribution in [3.05, 3.63) is 71.9 Å². The van der Waals surface area contributed by atoms with Crippen LogP contribution in [-0.2, 0) is 0 Å². The van der Waals surface area contributed by atoms with Gasteiger partial charge in [-0.1, -0.05) is 60.8 Å². The summed E-state index contributed by atoms with van der Waals surface area (Å²) in [6.45, 7) is 0. The standard InChI is InChI=1S/C22H18N4/c23-14-21(15-24)20-9-5-8-19(10-11-20)13-22(16-25,17-26)12-18-6-3-1-2-4-7-18/h1,3-11,19,21H,2,12-13H2. The molecule has 2 aliphatic rings. The lowest BCUT2D eigenvalue weighted by atomic mass is 9.76. The predicted molar refractivity (Wildman–Crippen MR) is 98.4 cm³/mol. The minimum absolute atomic E-state index is 0.119. The maximum atomic E-state index is 9.71. The molecule has 0 amide bonds. The number of rotatable bonds is 5. The van der Waals surface area contributed by atoms with Gasteiger partial charge in [0.15, 0.2) is 5.92 Å². The minimum atomic E-state index is -1.14. The van der Waals surface area contributed by atoms with Crippen LogP contribution in [0.3, 0.4) is 0 Å². The third-order valence-electron chi connectivity index (χ3n) is 4.34. The van der Waals surface area contributed by atoms with Crippen molar-refractivity contribution in [2.75, 3.05) is 0 Å². The molecule has 26 heavy (non-hydrogen) atoms. The van der Waals surface area contributed by atoms with E-state index < -0.39 is 11.3 Å². The number of nitrogens with zero attached hydrogens (tertiary/aromatic N) is 4. The summed E-state index contributed by atoms with van der Waals surface area (Å²) in [5.41, 5.74) is 0.436. The molecular formula is C22H18N4. The Balaban J connectivity index is 2.18. The molecule has 0 aromatic rings. The number of hydrogen-bond donors (Lipinski definition) is 0. The van der Waals surface area contributed by atoms with Crippen molar-refractivity contribution in [3.63, 3.8) is 0 Å². The second-order valence-electron chi connectivity index (χ2n) is 6.26. The molecule has 1 unspecified atom stereocenters. The first-order chi connectivity index (χ1) is 12.7. The van der Waals surface area contributed by atoms with Crippen LogP contribution >= 0.6 is 0 Å². The maximum absolute atomic E-state index is 9.71. The van der Waals surface area contributed by atoms with Gasteiger partial charge in [-0.2, -0.15) is 21.0 Å². The van der Waals surface area contributed by atoms with E-state index >= 15 is 0 Å². The van der Waals surface area contributed by atoms with Crippen molar-refractivity contribution in [2.24, 2.45) is 17.3 Å². The van der Waals surface area contributed by atoms with E-state index in [1.165, 1.54) is 0 Å². The molecule has 1 atom stereocenters. The molecule has 0 N–H and O–H groups in total. The van der Waals surface area contributed by atoms with Crippen molar-refractivity contribution in [1.29, 1.82) is 21.0 Å². The predicted octanol–water partition coefficient (Wildman–Crippen LogP) is 4.57. The SMILES string of the molecule is N#CC(C#N)C1=CC=CC(CC(C#N)(C#N)CC2=CC=CCC=C2)C=C1. The molecule has 2 aliphatic carbocycles. The zero-order valence-corrected chi connectivity index (χ0v) is 14.3. The number of allylic oxidation sites excluding steroid dienone is 12. The van der Waals surface area contributed by atoms with Crippen LogP contribution in [0.2, 0.25) is 0 Å². The van der Waals surface area contributed by atoms with Crippen LogP contribution in [0, 0.1) is 62.6 Å². The normalized spacial score (nSPS) is 18.6. The molecule has 0 heterocycles. The molecule has 0 fully saturated rings. The molecule has 0 saturated carbocycles. The molecule has 0 aliphatic heterocycles. The van der Waals surface area contributed by atoms with Crippen LogP contribution in [0.15, 0.2) is 71.9 Å². The van der Waals surface area contributed by atoms with Crippen molar-refractivity contribution in [3.8, 4) is 24.3 Å². The highest BCUT2D eigenvalue weighted by Crippen LogP contribution is 2.35. The lowest BCUT2D eigenvalue weighted by Crippen LogP contribution is -2.20. The molecule has 0 aromatic carbocycles. The number of nitriles is 4.